The zero-order valence-electron chi connectivity index (χ0n) is 30.1. The van der Waals surface area contributed by atoms with Crippen molar-refractivity contribution in [2.45, 2.75) is 200 Å². The molecule has 2 nitrogen and oxygen atoms in total. The van der Waals surface area contributed by atoms with Crippen LogP contribution in [0.15, 0.2) is 36.5 Å². The number of rotatable bonds is 35. The Kier molecular flexibility index (Phi) is 36.6. The molecule has 0 aliphatic carbocycles. The van der Waals surface area contributed by atoms with E-state index in [0.717, 1.165) is 19.6 Å². The minimum absolute atomic E-state index is 0.478. The summed E-state index contributed by atoms with van der Waals surface area (Å²) in [7, 11) is 4.29. The fourth-order valence-electron chi connectivity index (χ4n) is 5.69. The number of allylic oxidation sites excluding steroid dienone is 6. The highest BCUT2D eigenvalue weighted by molar-refractivity contribution is 4.92. The second-order valence-electron chi connectivity index (χ2n) is 13.4. The fraction of sp³-hybridized carbons (Fsp3) is 0.854. The molecule has 0 rings (SSSR count). The van der Waals surface area contributed by atoms with E-state index in [4.69, 9.17) is 4.74 Å². The van der Waals surface area contributed by atoms with E-state index in [1.165, 1.54) is 173 Å². The van der Waals surface area contributed by atoms with E-state index >= 15 is 0 Å². The van der Waals surface area contributed by atoms with Crippen LogP contribution < -0.4 is 0 Å². The average molecular weight is 602 g/mol. The lowest BCUT2D eigenvalue weighted by Gasteiger charge is -2.19. The molecule has 43 heavy (non-hydrogen) atoms. The summed E-state index contributed by atoms with van der Waals surface area (Å²) < 4.78 is 6.34. The minimum Gasteiger partial charge on any atom is -0.377 e. The lowest BCUT2D eigenvalue weighted by molar-refractivity contribution is 0.0303. The van der Waals surface area contributed by atoms with Gasteiger partial charge in [0.2, 0.25) is 0 Å². The van der Waals surface area contributed by atoms with E-state index < -0.39 is 0 Å². The summed E-state index contributed by atoms with van der Waals surface area (Å²) in [6, 6.07) is 0. The van der Waals surface area contributed by atoms with Crippen molar-refractivity contribution in [1.82, 2.24) is 4.90 Å². The van der Waals surface area contributed by atoms with Crippen molar-refractivity contribution in [3.05, 3.63) is 36.5 Å². The van der Waals surface area contributed by atoms with Gasteiger partial charge in [0.1, 0.15) is 0 Å². The molecule has 0 heterocycles. The van der Waals surface area contributed by atoms with Gasteiger partial charge in [-0.3, -0.25) is 0 Å². The Labute approximate surface area is 272 Å². The predicted molar refractivity (Wildman–Crippen MR) is 196 cm³/mol. The predicted octanol–water partition coefficient (Wildman–Crippen LogP) is 13.6. The molecule has 1 unspecified atom stereocenters. The Morgan fingerprint density at radius 1 is 0.442 bits per heavy atom. The Hall–Kier alpha value is -0.860. The largest absolute Gasteiger partial charge is 0.377 e. The molecule has 0 bridgehead atoms. The molecule has 0 amide bonds. The summed E-state index contributed by atoms with van der Waals surface area (Å²) in [6.07, 6.45) is 52.5. The van der Waals surface area contributed by atoms with Crippen molar-refractivity contribution < 1.29 is 4.74 Å². The molecule has 0 radical (unpaired) electrons. The number of likely N-dealkylation sites (N-methyl/N-ethyl adjacent to an activating group) is 1. The molecule has 0 aromatic heterocycles. The van der Waals surface area contributed by atoms with E-state index in [9.17, 15) is 0 Å². The van der Waals surface area contributed by atoms with Gasteiger partial charge in [0.05, 0.1) is 12.7 Å². The van der Waals surface area contributed by atoms with Crippen LogP contribution in [-0.4, -0.2) is 38.3 Å². The van der Waals surface area contributed by atoms with Crippen molar-refractivity contribution in [3.8, 4) is 0 Å². The van der Waals surface area contributed by atoms with E-state index in [-0.39, 0.29) is 0 Å². The molecule has 0 saturated heterocycles. The molecule has 254 valence electrons. The number of nitrogens with zero attached hydrogens (tertiary/aromatic N) is 1. The monoisotopic (exact) mass is 602 g/mol. The second-order valence-corrected chi connectivity index (χ2v) is 13.4. The first-order valence-electron chi connectivity index (χ1n) is 19.4. The number of unbranched alkanes of at least 4 members (excludes halogenated alkanes) is 21. The molecule has 0 aliphatic heterocycles. The smallest absolute Gasteiger partial charge is 0.0596 e. The normalized spacial score (nSPS) is 13.0. The lowest BCUT2D eigenvalue weighted by atomic mass is 10.0. The third-order valence-corrected chi connectivity index (χ3v) is 8.66. The maximum atomic E-state index is 6.34. The molecule has 0 aliphatic rings. The van der Waals surface area contributed by atoms with Gasteiger partial charge >= 0.3 is 0 Å². The fourth-order valence-corrected chi connectivity index (χ4v) is 5.69. The van der Waals surface area contributed by atoms with Crippen LogP contribution in [0.25, 0.3) is 0 Å². The second kappa shape index (κ2) is 37.3. The third-order valence-electron chi connectivity index (χ3n) is 8.66. The highest BCUT2D eigenvalue weighted by Crippen LogP contribution is 2.18. The van der Waals surface area contributed by atoms with Gasteiger partial charge in [-0.1, -0.05) is 159 Å². The van der Waals surface area contributed by atoms with Gasteiger partial charge < -0.3 is 9.64 Å². The molecule has 0 saturated carbocycles. The van der Waals surface area contributed by atoms with Crippen LogP contribution in [-0.2, 0) is 4.74 Å². The van der Waals surface area contributed by atoms with Crippen LogP contribution in [0, 0.1) is 0 Å². The topological polar surface area (TPSA) is 12.5 Å². The molecular weight excluding hydrogens is 522 g/mol. The quantitative estimate of drug-likeness (QED) is 0.0529. The minimum atomic E-state index is 0.478. The van der Waals surface area contributed by atoms with Crippen LogP contribution >= 0.6 is 0 Å². The molecule has 1 atom stereocenters. The molecular formula is C41H79NO. The Morgan fingerprint density at radius 3 is 1.19 bits per heavy atom. The first kappa shape index (κ1) is 42.1. The van der Waals surface area contributed by atoms with Crippen LogP contribution in [0.5, 0.6) is 0 Å². The van der Waals surface area contributed by atoms with Gasteiger partial charge in [-0.25, -0.2) is 0 Å². The van der Waals surface area contributed by atoms with E-state index in [1.807, 2.05) is 0 Å². The summed E-state index contributed by atoms with van der Waals surface area (Å²) in [4.78, 5) is 2.24. The van der Waals surface area contributed by atoms with Gasteiger partial charge in [-0.2, -0.15) is 0 Å². The molecule has 2 heteroatoms. The summed E-state index contributed by atoms with van der Waals surface area (Å²) >= 11 is 0. The maximum absolute atomic E-state index is 6.34. The molecule has 0 fully saturated rings. The number of hydrogen-bond donors (Lipinski definition) is 0. The standard InChI is InChI=1S/C41H79NO/c1-5-7-9-11-13-15-17-19-21-23-25-27-29-31-33-35-37-41(43-40-39-42(3)4)38-36-34-32-30-28-26-24-22-20-18-16-14-12-10-8-6-2/h13-16,19,21,41H,5-12,17-18,20,22-40H2,1-4H3. The summed E-state index contributed by atoms with van der Waals surface area (Å²) in [5, 5.41) is 0. The van der Waals surface area contributed by atoms with Crippen LogP contribution in [0.3, 0.4) is 0 Å². The lowest BCUT2D eigenvalue weighted by Crippen LogP contribution is -2.22. The van der Waals surface area contributed by atoms with Gasteiger partial charge in [-0.15, -0.1) is 0 Å². The number of ether oxygens (including phenoxy) is 1. The summed E-state index contributed by atoms with van der Waals surface area (Å²) in [5.41, 5.74) is 0. The van der Waals surface area contributed by atoms with E-state index in [0.29, 0.717) is 6.10 Å². The Bertz CT molecular complexity index is 593. The van der Waals surface area contributed by atoms with Gasteiger partial charge in [0.25, 0.3) is 0 Å². The Balaban J connectivity index is 3.72. The van der Waals surface area contributed by atoms with Gasteiger partial charge in [0, 0.05) is 6.54 Å². The first-order chi connectivity index (χ1) is 21.2. The summed E-state index contributed by atoms with van der Waals surface area (Å²) in [5.74, 6) is 0. The first-order valence-corrected chi connectivity index (χ1v) is 19.4. The molecule has 0 spiro atoms. The highest BCUT2D eigenvalue weighted by Gasteiger charge is 2.09. The zero-order valence-corrected chi connectivity index (χ0v) is 30.1. The molecule has 0 aromatic rings. The number of hydrogen-bond acceptors (Lipinski definition) is 2. The van der Waals surface area contributed by atoms with E-state index in [1.54, 1.807) is 0 Å². The maximum Gasteiger partial charge on any atom is 0.0596 e. The van der Waals surface area contributed by atoms with Crippen molar-refractivity contribution in [2.24, 2.45) is 0 Å². The van der Waals surface area contributed by atoms with Crippen molar-refractivity contribution in [2.75, 3.05) is 27.2 Å². The van der Waals surface area contributed by atoms with Crippen molar-refractivity contribution >= 4 is 0 Å². The third kappa shape index (κ3) is 37.2. The SMILES string of the molecule is CCCCCC=CCC=CCCCCCCCCC(CCCCCCCCCCCC=CCCCCC)OCCN(C)C. The van der Waals surface area contributed by atoms with Gasteiger partial charge in [-0.05, 0) is 84.7 Å². The summed E-state index contributed by atoms with van der Waals surface area (Å²) in [6.45, 7) is 6.47. The molecule has 0 aromatic carbocycles. The highest BCUT2D eigenvalue weighted by atomic mass is 16.5. The van der Waals surface area contributed by atoms with Crippen molar-refractivity contribution in [1.29, 1.82) is 0 Å². The van der Waals surface area contributed by atoms with Crippen LogP contribution in [0.2, 0.25) is 0 Å². The van der Waals surface area contributed by atoms with E-state index in [2.05, 4.69) is 69.3 Å². The van der Waals surface area contributed by atoms with Crippen LogP contribution in [0.1, 0.15) is 194 Å². The Morgan fingerprint density at radius 2 is 0.791 bits per heavy atom. The van der Waals surface area contributed by atoms with Crippen molar-refractivity contribution in [3.63, 3.8) is 0 Å². The van der Waals surface area contributed by atoms with Gasteiger partial charge in [0.15, 0.2) is 0 Å². The average Bonchev–Trinajstić information content (AvgIpc) is 3.00. The van der Waals surface area contributed by atoms with Crippen LogP contribution in [0.4, 0.5) is 0 Å². The molecule has 0 N–H and O–H groups in total. The zero-order chi connectivity index (χ0) is 31.3.